The van der Waals surface area contributed by atoms with E-state index in [1.807, 2.05) is 17.5 Å². The summed E-state index contributed by atoms with van der Waals surface area (Å²) in [4.78, 5) is 25.7. The maximum atomic E-state index is 11.6. The number of hydrogen-bond acceptors (Lipinski definition) is 4. The Bertz CT molecular complexity index is 433. The van der Waals surface area contributed by atoms with Gasteiger partial charge in [0.1, 0.15) is 0 Å². The van der Waals surface area contributed by atoms with Crippen molar-refractivity contribution in [2.24, 2.45) is 0 Å². The Balaban J connectivity index is 1.73. The largest absolute Gasteiger partial charge is 0.452 e. The molecule has 5 heteroatoms. The second-order valence-corrected chi connectivity index (χ2v) is 5.02. The van der Waals surface area contributed by atoms with Crippen LogP contribution < -0.4 is 0 Å². The van der Waals surface area contributed by atoms with Gasteiger partial charge in [-0.05, 0) is 30.4 Å². The minimum absolute atomic E-state index is 0.106. The number of nitrogens with zero attached hydrogens (tertiary/aromatic N) is 1. The molecule has 0 N–H and O–H groups in total. The topological polar surface area (TPSA) is 46.6 Å². The first-order valence-corrected chi connectivity index (χ1v) is 6.80. The van der Waals surface area contributed by atoms with Gasteiger partial charge in [0.25, 0.3) is 5.91 Å². The zero-order valence-electron chi connectivity index (χ0n) is 10.0. The first kappa shape index (κ1) is 12.8. The molecule has 2 heterocycles. The van der Waals surface area contributed by atoms with Crippen molar-refractivity contribution in [1.29, 1.82) is 0 Å². The van der Waals surface area contributed by atoms with Crippen molar-refractivity contribution in [3.05, 3.63) is 28.5 Å². The summed E-state index contributed by atoms with van der Waals surface area (Å²) in [6.45, 7) is 1.40. The van der Waals surface area contributed by atoms with Crippen LogP contribution in [0.4, 0.5) is 0 Å². The number of carbonyl (C=O) groups excluding carboxylic acids is 2. The third kappa shape index (κ3) is 3.70. The molecular formula is C13H15NO3S. The molecule has 0 atom stereocenters. The first-order chi connectivity index (χ1) is 8.75. The third-order valence-electron chi connectivity index (χ3n) is 2.72. The van der Waals surface area contributed by atoms with Crippen molar-refractivity contribution in [1.82, 2.24) is 4.90 Å². The zero-order valence-corrected chi connectivity index (χ0v) is 10.8. The molecule has 0 aromatic carbocycles. The number of likely N-dealkylation sites (tertiary alicyclic amines) is 1. The van der Waals surface area contributed by atoms with Crippen molar-refractivity contribution in [2.75, 3.05) is 19.7 Å². The number of rotatable bonds is 4. The van der Waals surface area contributed by atoms with Gasteiger partial charge in [-0.25, -0.2) is 4.79 Å². The molecule has 4 nitrogen and oxygen atoms in total. The van der Waals surface area contributed by atoms with Crippen molar-refractivity contribution >= 4 is 29.3 Å². The van der Waals surface area contributed by atoms with Crippen LogP contribution in [0.15, 0.2) is 23.6 Å². The summed E-state index contributed by atoms with van der Waals surface area (Å²) in [5.41, 5.74) is 0. The van der Waals surface area contributed by atoms with E-state index in [4.69, 9.17) is 4.74 Å². The van der Waals surface area contributed by atoms with Crippen LogP contribution in [0.1, 0.15) is 17.7 Å². The van der Waals surface area contributed by atoms with Gasteiger partial charge >= 0.3 is 5.97 Å². The molecule has 2 rings (SSSR count). The van der Waals surface area contributed by atoms with Crippen LogP contribution >= 0.6 is 11.3 Å². The van der Waals surface area contributed by atoms with E-state index in [-0.39, 0.29) is 12.5 Å². The molecule has 1 aromatic rings. The number of thiophene rings is 1. The lowest BCUT2D eigenvalue weighted by molar-refractivity contribution is -0.147. The van der Waals surface area contributed by atoms with Crippen LogP contribution in [0.25, 0.3) is 6.08 Å². The van der Waals surface area contributed by atoms with E-state index in [0.717, 1.165) is 30.8 Å². The molecule has 18 heavy (non-hydrogen) atoms. The van der Waals surface area contributed by atoms with Crippen molar-refractivity contribution < 1.29 is 14.3 Å². The predicted molar refractivity (Wildman–Crippen MR) is 70.1 cm³/mol. The monoisotopic (exact) mass is 265 g/mol. The fraction of sp³-hybridized carbons (Fsp3) is 0.385. The molecule has 0 spiro atoms. The maximum absolute atomic E-state index is 11.6. The van der Waals surface area contributed by atoms with Crippen LogP contribution in [0.3, 0.4) is 0 Å². The van der Waals surface area contributed by atoms with Gasteiger partial charge in [-0.15, -0.1) is 11.3 Å². The van der Waals surface area contributed by atoms with Gasteiger partial charge in [0.2, 0.25) is 0 Å². The van der Waals surface area contributed by atoms with Gasteiger partial charge < -0.3 is 9.64 Å². The lowest BCUT2D eigenvalue weighted by Crippen LogP contribution is -2.31. The van der Waals surface area contributed by atoms with Gasteiger partial charge in [-0.3, -0.25) is 4.79 Å². The highest BCUT2D eigenvalue weighted by Crippen LogP contribution is 2.10. The summed E-state index contributed by atoms with van der Waals surface area (Å²) in [6, 6.07) is 3.82. The first-order valence-electron chi connectivity index (χ1n) is 5.92. The van der Waals surface area contributed by atoms with Crippen LogP contribution in [0.5, 0.6) is 0 Å². The normalized spacial score (nSPS) is 15.2. The van der Waals surface area contributed by atoms with E-state index < -0.39 is 5.97 Å². The number of esters is 1. The second kappa shape index (κ2) is 6.35. The van der Waals surface area contributed by atoms with Crippen molar-refractivity contribution in [2.45, 2.75) is 12.8 Å². The smallest absolute Gasteiger partial charge is 0.331 e. The van der Waals surface area contributed by atoms with Gasteiger partial charge in [-0.1, -0.05) is 6.07 Å². The Labute approximate surface area is 110 Å². The van der Waals surface area contributed by atoms with Gasteiger partial charge in [0.15, 0.2) is 6.61 Å². The molecule has 96 valence electrons. The Hall–Kier alpha value is -1.62. The van der Waals surface area contributed by atoms with Crippen molar-refractivity contribution in [3.8, 4) is 0 Å². The molecule has 0 radical (unpaired) electrons. The van der Waals surface area contributed by atoms with Crippen molar-refractivity contribution in [3.63, 3.8) is 0 Å². The van der Waals surface area contributed by atoms with E-state index in [9.17, 15) is 9.59 Å². The minimum Gasteiger partial charge on any atom is -0.452 e. The number of ether oxygens (including phenoxy) is 1. The van der Waals surface area contributed by atoms with E-state index >= 15 is 0 Å². The Morgan fingerprint density at radius 2 is 2.17 bits per heavy atom. The highest BCUT2D eigenvalue weighted by atomic mass is 32.1. The standard InChI is InChI=1S/C13H15NO3S/c15-12(14-7-1-2-8-14)10-17-13(16)6-5-11-4-3-9-18-11/h3-6,9H,1-2,7-8,10H2. The van der Waals surface area contributed by atoms with E-state index in [2.05, 4.69) is 0 Å². The second-order valence-electron chi connectivity index (χ2n) is 4.04. The molecular weight excluding hydrogens is 250 g/mol. The minimum atomic E-state index is -0.476. The van der Waals surface area contributed by atoms with Crippen LogP contribution in [-0.4, -0.2) is 36.5 Å². The quantitative estimate of drug-likeness (QED) is 0.617. The summed E-state index contributed by atoms with van der Waals surface area (Å²) in [5.74, 6) is -0.582. The highest BCUT2D eigenvalue weighted by Gasteiger charge is 2.18. The number of carbonyl (C=O) groups is 2. The summed E-state index contributed by atoms with van der Waals surface area (Å²) in [7, 11) is 0. The molecule has 0 aliphatic carbocycles. The molecule has 0 bridgehead atoms. The van der Waals surface area contributed by atoms with E-state index in [1.54, 1.807) is 11.0 Å². The molecule has 1 saturated heterocycles. The predicted octanol–water partition coefficient (Wildman–Crippen LogP) is 1.93. The molecule has 1 aliphatic rings. The molecule has 0 saturated carbocycles. The maximum Gasteiger partial charge on any atom is 0.331 e. The summed E-state index contributed by atoms with van der Waals surface area (Å²) in [5, 5.41) is 1.93. The Kier molecular flexibility index (Phi) is 4.52. The fourth-order valence-corrected chi connectivity index (χ4v) is 2.39. The van der Waals surface area contributed by atoms with Gasteiger partial charge in [0, 0.05) is 24.0 Å². The number of amides is 1. The van der Waals surface area contributed by atoms with Crippen LogP contribution in [0, 0.1) is 0 Å². The van der Waals surface area contributed by atoms with Crippen LogP contribution in [0.2, 0.25) is 0 Å². The average molecular weight is 265 g/mol. The highest BCUT2D eigenvalue weighted by molar-refractivity contribution is 7.10. The van der Waals surface area contributed by atoms with E-state index in [1.165, 1.54) is 17.4 Å². The average Bonchev–Trinajstić information content (AvgIpc) is 3.05. The summed E-state index contributed by atoms with van der Waals surface area (Å²) < 4.78 is 4.90. The van der Waals surface area contributed by atoms with Gasteiger partial charge in [0.05, 0.1) is 0 Å². The molecule has 1 aliphatic heterocycles. The lowest BCUT2D eigenvalue weighted by atomic mass is 10.4. The van der Waals surface area contributed by atoms with Crippen LogP contribution in [-0.2, 0) is 14.3 Å². The zero-order chi connectivity index (χ0) is 12.8. The summed E-state index contributed by atoms with van der Waals surface area (Å²) in [6.07, 6.45) is 5.12. The SMILES string of the molecule is O=C(C=Cc1cccs1)OCC(=O)N1CCCC1. The van der Waals surface area contributed by atoms with E-state index in [0.29, 0.717) is 0 Å². The molecule has 1 aromatic heterocycles. The molecule has 1 amide bonds. The summed E-state index contributed by atoms with van der Waals surface area (Å²) >= 11 is 1.54. The van der Waals surface area contributed by atoms with Gasteiger partial charge in [-0.2, -0.15) is 0 Å². The Morgan fingerprint density at radius 3 is 2.83 bits per heavy atom. The molecule has 1 fully saturated rings. The third-order valence-corrected chi connectivity index (χ3v) is 3.56. The number of hydrogen-bond donors (Lipinski definition) is 0. The fourth-order valence-electron chi connectivity index (χ4n) is 1.78. The Morgan fingerprint density at radius 1 is 1.39 bits per heavy atom. The molecule has 0 unspecified atom stereocenters. The lowest BCUT2D eigenvalue weighted by Gasteiger charge is -2.14.